The van der Waals surface area contributed by atoms with Gasteiger partial charge in [-0.2, -0.15) is 0 Å². The van der Waals surface area contributed by atoms with Crippen molar-refractivity contribution >= 4 is 21.8 Å². The Morgan fingerprint density at radius 2 is 2.26 bits per heavy atom. The number of carbonyl (C=O) groups is 1. The summed E-state index contributed by atoms with van der Waals surface area (Å²) in [5.41, 5.74) is 0.968. The normalized spacial score (nSPS) is 19.3. The van der Waals surface area contributed by atoms with Crippen LogP contribution in [-0.2, 0) is 11.2 Å². The van der Waals surface area contributed by atoms with E-state index in [9.17, 15) is 4.79 Å². The second-order valence-electron chi connectivity index (χ2n) is 4.99. The Kier molecular flexibility index (Phi) is 5.25. The number of para-hydroxylation sites is 1. The number of piperidine rings is 1. The van der Waals surface area contributed by atoms with Gasteiger partial charge in [0.25, 0.3) is 0 Å². The van der Waals surface area contributed by atoms with Crippen LogP contribution in [0.15, 0.2) is 24.3 Å². The molecule has 1 atom stereocenters. The number of ether oxygens (including phenoxy) is 1. The molecule has 4 heteroatoms. The van der Waals surface area contributed by atoms with Gasteiger partial charge in [0.05, 0.1) is 13.5 Å². The smallest absolute Gasteiger partial charge is 0.227 e. The lowest BCUT2D eigenvalue weighted by atomic mass is 9.99. The molecular weight excluding hydrogens is 306 g/mol. The number of rotatable bonds is 4. The molecule has 1 unspecified atom stereocenters. The minimum Gasteiger partial charge on any atom is -0.496 e. The molecule has 1 aliphatic heterocycles. The van der Waals surface area contributed by atoms with Crippen LogP contribution in [0.4, 0.5) is 0 Å². The van der Waals surface area contributed by atoms with E-state index < -0.39 is 0 Å². The van der Waals surface area contributed by atoms with Gasteiger partial charge in [0.1, 0.15) is 5.75 Å². The summed E-state index contributed by atoms with van der Waals surface area (Å²) >= 11 is 3.52. The van der Waals surface area contributed by atoms with Crippen molar-refractivity contribution in [2.24, 2.45) is 5.92 Å². The summed E-state index contributed by atoms with van der Waals surface area (Å²) in [6.45, 7) is 1.76. The van der Waals surface area contributed by atoms with Crippen LogP contribution in [0.5, 0.6) is 5.75 Å². The summed E-state index contributed by atoms with van der Waals surface area (Å²) in [7, 11) is 1.64. The van der Waals surface area contributed by atoms with E-state index in [0.29, 0.717) is 12.3 Å². The molecule has 1 fully saturated rings. The van der Waals surface area contributed by atoms with Crippen LogP contribution in [0.1, 0.15) is 18.4 Å². The van der Waals surface area contributed by atoms with Crippen molar-refractivity contribution < 1.29 is 9.53 Å². The number of nitrogens with zero attached hydrogens (tertiary/aromatic N) is 1. The largest absolute Gasteiger partial charge is 0.496 e. The molecule has 0 radical (unpaired) electrons. The number of likely N-dealkylation sites (tertiary alicyclic amines) is 1. The fourth-order valence-electron chi connectivity index (χ4n) is 2.54. The molecule has 0 N–H and O–H groups in total. The summed E-state index contributed by atoms with van der Waals surface area (Å²) < 4.78 is 5.30. The van der Waals surface area contributed by atoms with E-state index in [-0.39, 0.29) is 5.91 Å². The Labute approximate surface area is 123 Å². The maximum Gasteiger partial charge on any atom is 0.227 e. The lowest BCUT2D eigenvalue weighted by Crippen LogP contribution is -2.41. The monoisotopic (exact) mass is 325 g/mol. The van der Waals surface area contributed by atoms with E-state index in [4.69, 9.17) is 4.74 Å². The predicted octanol–water partition coefficient (Wildman–Crippen LogP) is 2.87. The van der Waals surface area contributed by atoms with Crippen molar-refractivity contribution in [1.82, 2.24) is 4.90 Å². The topological polar surface area (TPSA) is 29.5 Å². The van der Waals surface area contributed by atoms with Crippen molar-refractivity contribution in [3.8, 4) is 5.75 Å². The average Bonchev–Trinajstić information content (AvgIpc) is 2.47. The molecule has 0 aliphatic carbocycles. The molecule has 19 heavy (non-hydrogen) atoms. The summed E-state index contributed by atoms with van der Waals surface area (Å²) in [6, 6.07) is 7.74. The van der Waals surface area contributed by atoms with Gasteiger partial charge in [-0.25, -0.2) is 0 Å². The Balaban J connectivity index is 2.00. The quantitative estimate of drug-likeness (QED) is 0.797. The molecule has 1 amide bonds. The SMILES string of the molecule is COc1ccccc1CC(=O)N1CCCC(CBr)C1. The number of methoxy groups -OCH3 is 1. The molecule has 0 saturated carbocycles. The van der Waals surface area contributed by atoms with Crippen molar-refractivity contribution in [3.63, 3.8) is 0 Å². The van der Waals surface area contributed by atoms with Gasteiger partial charge in [-0.05, 0) is 24.8 Å². The van der Waals surface area contributed by atoms with Crippen molar-refractivity contribution in [2.45, 2.75) is 19.3 Å². The van der Waals surface area contributed by atoms with Crippen LogP contribution in [0.25, 0.3) is 0 Å². The molecule has 0 aromatic heterocycles. The van der Waals surface area contributed by atoms with Gasteiger partial charge in [-0.1, -0.05) is 34.1 Å². The zero-order valence-corrected chi connectivity index (χ0v) is 12.9. The first-order chi connectivity index (χ1) is 9.24. The third kappa shape index (κ3) is 3.72. The molecular formula is C15H20BrNO2. The van der Waals surface area contributed by atoms with Crippen LogP contribution >= 0.6 is 15.9 Å². The molecule has 0 bridgehead atoms. The number of hydrogen-bond acceptors (Lipinski definition) is 2. The first kappa shape index (κ1) is 14.4. The molecule has 1 aliphatic rings. The van der Waals surface area contributed by atoms with Gasteiger partial charge in [0.15, 0.2) is 0 Å². The fourth-order valence-corrected chi connectivity index (χ4v) is 3.07. The first-order valence-electron chi connectivity index (χ1n) is 6.70. The maximum atomic E-state index is 12.4. The second-order valence-corrected chi connectivity index (χ2v) is 5.64. The standard InChI is InChI=1S/C15H20BrNO2/c1-19-14-7-3-2-6-13(14)9-15(18)17-8-4-5-12(10-16)11-17/h2-3,6-7,12H,4-5,8-11H2,1H3. The van der Waals surface area contributed by atoms with E-state index in [1.807, 2.05) is 29.2 Å². The van der Waals surface area contributed by atoms with Crippen molar-refractivity contribution in [2.75, 3.05) is 25.5 Å². The highest BCUT2D eigenvalue weighted by Crippen LogP contribution is 2.22. The van der Waals surface area contributed by atoms with Gasteiger partial charge in [0.2, 0.25) is 5.91 Å². The maximum absolute atomic E-state index is 12.4. The Bertz CT molecular complexity index is 436. The average molecular weight is 326 g/mol. The van der Waals surface area contributed by atoms with Gasteiger partial charge >= 0.3 is 0 Å². The van der Waals surface area contributed by atoms with E-state index in [1.54, 1.807) is 7.11 Å². The van der Waals surface area contributed by atoms with Crippen LogP contribution in [0.3, 0.4) is 0 Å². The van der Waals surface area contributed by atoms with Gasteiger partial charge < -0.3 is 9.64 Å². The number of alkyl halides is 1. The van der Waals surface area contributed by atoms with Crippen LogP contribution in [0, 0.1) is 5.92 Å². The molecule has 104 valence electrons. The zero-order valence-electron chi connectivity index (χ0n) is 11.3. The molecule has 1 saturated heterocycles. The van der Waals surface area contributed by atoms with Crippen LogP contribution < -0.4 is 4.74 Å². The van der Waals surface area contributed by atoms with E-state index in [0.717, 1.165) is 36.2 Å². The Morgan fingerprint density at radius 1 is 1.47 bits per heavy atom. The summed E-state index contributed by atoms with van der Waals surface area (Å²) in [4.78, 5) is 14.3. The third-order valence-electron chi connectivity index (χ3n) is 3.62. The van der Waals surface area contributed by atoms with Crippen molar-refractivity contribution in [3.05, 3.63) is 29.8 Å². The molecule has 3 nitrogen and oxygen atoms in total. The summed E-state index contributed by atoms with van der Waals surface area (Å²) in [5.74, 6) is 1.59. The minimum atomic E-state index is 0.204. The van der Waals surface area contributed by atoms with Crippen LogP contribution in [0.2, 0.25) is 0 Å². The highest BCUT2D eigenvalue weighted by Gasteiger charge is 2.23. The highest BCUT2D eigenvalue weighted by atomic mass is 79.9. The summed E-state index contributed by atoms with van der Waals surface area (Å²) in [6.07, 6.45) is 2.75. The van der Waals surface area contributed by atoms with Crippen molar-refractivity contribution in [1.29, 1.82) is 0 Å². The predicted molar refractivity (Wildman–Crippen MR) is 79.8 cm³/mol. The Morgan fingerprint density at radius 3 is 3.00 bits per heavy atom. The van der Waals surface area contributed by atoms with E-state index >= 15 is 0 Å². The first-order valence-corrected chi connectivity index (χ1v) is 7.82. The molecule has 1 aromatic carbocycles. The lowest BCUT2D eigenvalue weighted by Gasteiger charge is -2.32. The highest BCUT2D eigenvalue weighted by molar-refractivity contribution is 9.09. The van der Waals surface area contributed by atoms with Gasteiger partial charge in [-0.3, -0.25) is 4.79 Å². The number of amides is 1. The third-order valence-corrected chi connectivity index (χ3v) is 4.54. The van der Waals surface area contributed by atoms with Gasteiger partial charge in [-0.15, -0.1) is 0 Å². The Hall–Kier alpha value is -1.03. The second kappa shape index (κ2) is 6.94. The number of benzene rings is 1. The van der Waals surface area contributed by atoms with E-state index in [1.165, 1.54) is 6.42 Å². The lowest BCUT2D eigenvalue weighted by molar-refractivity contribution is -0.132. The number of hydrogen-bond donors (Lipinski definition) is 0. The molecule has 1 heterocycles. The fraction of sp³-hybridized carbons (Fsp3) is 0.533. The minimum absolute atomic E-state index is 0.204. The number of halogens is 1. The van der Waals surface area contributed by atoms with Crippen LogP contribution in [-0.4, -0.2) is 36.3 Å². The summed E-state index contributed by atoms with van der Waals surface area (Å²) in [5, 5.41) is 0.978. The zero-order chi connectivity index (χ0) is 13.7. The molecule has 0 spiro atoms. The van der Waals surface area contributed by atoms with Gasteiger partial charge in [0, 0.05) is 24.0 Å². The molecule has 2 rings (SSSR count). The van der Waals surface area contributed by atoms with E-state index in [2.05, 4.69) is 15.9 Å². The molecule has 1 aromatic rings. The number of carbonyl (C=O) groups excluding carboxylic acids is 1.